The number of aliphatic hydroxyl groups is 1. The first-order valence-electron chi connectivity index (χ1n) is 3.13. The minimum atomic E-state index is -1.75. The van der Waals surface area contributed by atoms with E-state index in [1.54, 1.807) is 0 Å². The van der Waals surface area contributed by atoms with Crippen LogP contribution in [0.15, 0.2) is 0 Å². The summed E-state index contributed by atoms with van der Waals surface area (Å²) in [7, 11) is 1.42. The van der Waals surface area contributed by atoms with E-state index in [1.165, 1.54) is 14.0 Å². The maximum atomic E-state index is 10.7. The second-order valence-corrected chi connectivity index (χ2v) is 2.49. The SMILES string of the molecule is CNC(=O)C[C@](C)(O)C(N)=O. The van der Waals surface area contributed by atoms with Crippen molar-refractivity contribution < 1.29 is 14.7 Å². The topological polar surface area (TPSA) is 92.4 Å². The predicted molar refractivity (Wildman–Crippen MR) is 38.5 cm³/mol. The highest BCUT2D eigenvalue weighted by Crippen LogP contribution is 2.06. The Morgan fingerprint density at radius 3 is 2.36 bits per heavy atom. The van der Waals surface area contributed by atoms with Crippen molar-refractivity contribution in [3.63, 3.8) is 0 Å². The van der Waals surface area contributed by atoms with E-state index in [-0.39, 0.29) is 6.42 Å². The molecule has 5 nitrogen and oxygen atoms in total. The van der Waals surface area contributed by atoms with Crippen molar-refractivity contribution >= 4 is 11.8 Å². The fourth-order valence-corrected chi connectivity index (χ4v) is 0.488. The first kappa shape index (κ1) is 9.90. The molecule has 0 radical (unpaired) electrons. The third-order valence-corrected chi connectivity index (χ3v) is 1.31. The molecule has 4 N–H and O–H groups in total. The largest absolute Gasteiger partial charge is 0.380 e. The van der Waals surface area contributed by atoms with Gasteiger partial charge in [-0.25, -0.2) is 0 Å². The van der Waals surface area contributed by atoms with Crippen LogP contribution in [0.25, 0.3) is 0 Å². The monoisotopic (exact) mass is 160 g/mol. The van der Waals surface area contributed by atoms with Gasteiger partial charge in [-0.15, -0.1) is 0 Å². The molecule has 0 unspecified atom stereocenters. The summed E-state index contributed by atoms with van der Waals surface area (Å²) < 4.78 is 0. The molecule has 64 valence electrons. The third kappa shape index (κ3) is 2.99. The summed E-state index contributed by atoms with van der Waals surface area (Å²) in [4.78, 5) is 21.1. The molecule has 0 aromatic rings. The lowest BCUT2D eigenvalue weighted by Crippen LogP contribution is -2.44. The molecule has 5 heteroatoms. The summed E-state index contributed by atoms with van der Waals surface area (Å²) >= 11 is 0. The van der Waals surface area contributed by atoms with Crippen molar-refractivity contribution in [2.75, 3.05) is 7.05 Å². The highest BCUT2D eigenvalue weighted by atomic mass is 16.3. The Labute approximate surface area is 64.6 Å². The van der Waals surface area contributed by atoms with Gasteiger partial charge >= 0.3 is 0 Å². The zero-order chi connectivity index (χ0) is 9.07. The van der Waals surface area contributed by atoms with Crippen LogP contribution in [0.1, 0.15) is 13.3 Å². The Hall–Kier alpha value is -1.10. The van der Waals surface area contributed by atoms with Crippen LogP contribution in [-0.2, 0) is 9.59 Å². The summed E-state index contributed by atoms with van der Waals surface area (Å²) in [5.74, 6) is -1.32. The van der Waals surface area contributed by atoms with Crippen LogP contribution in [0.3, 0.4) is 0 Å². The zero-order valence-corrected chi connectivity index (χ0v) is 6.55. The van der Waals surface area contributed by atoms with E-state index < -0.39 is 17.4 Å². The van der Waals surface area contributed by atoms with Gasteiger partial charge in [0.15, 0.2) is 0 Å². The van der Waals surface area contributed by atoms with Crippen molar-refractivity contribution in [3.05, 3.63) is 0 Å². The predicted octanol–water partition coefficient (Wildman–Crippen LogP) is -1.64. The third-order valence-electron chi connectivity index (χ3n) is 1.31. The molecule has 0 saturated carbocycles. The molecule has 0 aliphatic carbocycles. The van der Waals surface area contributed by atoms with Crippen LogP contribution in [0.4, 0.5) is 0 Å². The standard InChI is InChI=1S/C6H12N2O3/c1-6(11,5(7)10)3-4(9)8-2/h11H,3H2,1-2H3,(H2,7,10)(H,8,9)/t6-/m0/s1. The molecule has 2 amide bonds. The van der Waals surface area contributed by atoms with E-state index in [0.29, 0.717) is 0 Å². The lowest BCUT2D eigenvalue weighted by atomic mass is 10.0. The van der Waals surface area contributed by atoms with E-state index in [1.807, 2.05) is 0 Å². The molecular weight excluding hydrogens is 148 g/mol. The maximum absolute atomic E-state index is 10.7. The molecule has 0 spiro atoms. The minimum absolute atomic E-state index is 0.307. The first-order chi connectivity index (χ1) is 4.90. The summed E-state index contributed by atoms with van der Waals surface area (Å²) in [5.41, 5.74) is 3.05. The maximum Gasteiger partial charge on any atom is 0.249 e. The van der Waals surface area contributed by atoms with E-state index >= 15 is 0 Å². The second kappa shape index (κ2) is 3.34. The van der Waals surface area contributed by atoms with Crippen LogP contribution in [0.5, 0.6) is 0 Å². The summed E-state index contributed by atoms with van der Waals surface area (Å²) in [5, 5.41) is 11.4. The molecule has 0 saturated heterocycles. The fraction of sp³-hybridized carbons (Fsp3) is 0.667. The number of hydrogen-bond donors (Lipinski definition) is 3. The molecule has 0 aromatic heterocycles. The Kier molecular flexibility index (Phi) is 3.00. The van der Waals surface area contributed by atoms with Crippen molar-refractivity contribution in [1.29, 1.82) is 0 Å². The van der Waals surface area contributed by atoms with E-state index in [0.717, 1.165) is 0 Å². The van der Waals surface area contributed by atoms with Gasteiger partial charge in [-0.1, -0.05) is 0 Å². The molecule has 11 heavy (non-hydrogen) atoms. The van der Waals surface area contributed by atoms with Gasteiger partial charge in [-0.3, -0.25) is 9.59 Å². The van der Waals surface area contributed by atoms with Gasteiger partial charge in [-0.2, -0.15) is 0 Å². The van der Waals surface area contributed by atoms with Gasteiger partial charge < -0.3 is 16.2 Å². The average molecular weight is 160 g/mol. The number of primary amides is 1. The van der Waals surface area contributed by atoms with Gasteiger partial charge in [0.25, 0.3) is 0 Å². The summed E-state index contributed by atoms with van der Waals surface area (Å²) in [6.45, 7) is 1.20. The second-order valence-electron chi connectivity index (χ2n) is 2.49. The van der Waals surface area contributed by atoms with E-state index in [9.17, 15) is 9.59 Å². The van der Waals surface area contributed by atoms with Crippen LogP contribution >= 0.6 is 0 Å². The first-order valence-corrected chi connectivity index (χ1v) is 3.13. The Morgan fingerprint density at radius 1 is 1.64 bits per heavy atom. The molecule has 0 heterocycles. The van der Waals surface area contributed by atoms with Gasteiger partial charge in [0.1, 0.15) is 5.60 Å². The lowest BCUT2D eigenvalue weighted by Gasteiger charge is -2.17. The summed E-state index contributed by atoms with van der Waals surface area (Å²) in [6.07, 6.45) is -0.307. The van der Waals surface area contributed by atoms with Crippen LogP contribution < -0.4 is 11.1 Å². The number of nitrogens with two attached hydrogens (primary N) is 1. The molecule has 0 aromatic carbocycles. The molecule has 0 fully saturated rings. The number of carbonyl (C=O) groups is 2. The number of hydrogen-bond acceptors (Lipinski definition) is 3. The van der Waals surface area contributed by atoms with Crippen LogP contribution in [0, 0.1) is 0 Å². The highest BCUT2D eigenvalue weighted by Gasteiger charge is 2.30. The van der Waals surface area contributed by atoms with Crippen molar-refractivity contribution in [3.8, 4) is 0 Å². The fourth-order valence-electron chi connectivity index (χ4n) is 0.488. The quantitative estimate of drug-likeness (QED) is 0.462. The van der Waals surface area contributed by atoms with Crippen molar-refractivity contribution in [2.24, 2.45) is 5.73 Å². The number of nitrogens with one attached hydrogen (secondary N) is 1. The van der Waals surface area contributed by atoms with Crippen molar-refractivity contribution in [1.82, 2.24) is 5.32 Å². The molecule has 0 aliphatic heterocycles. The molecular formula is C6H12N2O3. The van der Waals surface area contributed by atoms with E-state index in [4.69, 9.17) is 10.8 Å². The summed E-state index contributed by atoms with van der Waals surface area (Å²) in [6, 6.07) is 0. The Bertz CT molecular complexity index is 177. The molecule has 0 aliphatic rings. The lowest BCUT2D eigenvalue weighted by molar-refractivity contribution is -0.140. The van der Waals surface area contributed by atoms with Gasteiger partial charge in [0.2, 0.25) is 11.8 Å². The van der Waals surface area contributed by atoms with Crippen LogP contribution in [-0.4, -0.2) is 29.6 Å². The normalized spacial score (nSPS) is 15.2. The molecule has 0 rings (SSSR count). The smallest absolute Gasteiger partial charge is 0.249 e. The highest BCUT2D eigenvalue weighted by molar-refractivity contribution is 5.89. The van der Waals surface area contributed by atoms with Crippen molar-refractivity contribution in [2.45, 2.75) is 18.9 Å². The number of carbonyl (C=O) groups excluding carboxylic acids is 2. The van der Waals surface area contributed by atoms with Gasteiger partial charge in [0.05, 0.1) is 6.42 Å². The Morgan fingerprint density at radius 2 is 2.09 bits per heavy atom. The molecule has 1 atom stereocenters. The molecule has 0 bridgehead atoms. The number of rotatable bonds is 3. The zero-order valence-electron chi connectivity index (χ0n) is 6.55. The van der Waals surface area contributed by atoms with E-state index in [2.05, 4.69) is 5.32 Å². The minimum Gasteiger partial charge on any atom is -0.380 e. The Balaban J connectivity index is 4.12. The van der Waals surface area contributed by atoms with Gasteiger partial charge in [0, 0.05) is 7.05 Å². The number of amides is 2. The average Bonchev–Trinajstić information content (AvgIpc) is 1.86. The van der Waals surface area contributed by atoms with Crippen LogP contribution in [0.2, 0.25) is 0 Å². The van der Waals surface area contributed by atoms with Gasteiger partial charge in [-0.05, 0) is 6.92 Å².